The first kappa shape index (κ1) is 14.4. The molecule has 2 nitrogen and oxygen atoms in total. The third-order valence-electron chi connectivity index (χ3n) is 4.55. The molecule has 1 aliphatic carbocycles. The van der Waals surface area contributed by atoms with E-state index in [2.05, 4.69) is 49.3 Å². The second-order valence-corrected chi connectivity index (χ2v) is 6.10. The lowest BCUT2D eigenvalue weighted by atomic mass is 9.84. The molecule has 0 bridgehead atoms. The Kier molecular flexibility index (Phi) is 4.87. The average Bonchev–Trinajstić information content (AvgIpc) is 2.39. The highest BCUT2D eigenvalue weighted by atomic mass is 15.1. The summed E-state index contributed by atoms with van der Waals surface area (Å²) in [5.41, 5.74) is 4.17. The van der Waals surface area contributed by atoms with E-state index < -0.39 is 0 Å². The molecule has 0 aromatic heterocycles. The van der Waals surface area contributed by atoms with Gasteiger partial charge >= 0.3 is 0 Å². The van der Waals surface area contributed by atoms with Crippen LogP contribution in [0.3, 0.4) is 0 Å². The van der Waals surface area contributed by atoms with Crippen molar-refractivity contribution in [3.05, 3.63) is 29.3 Å². The molecule has 1 aromatic rings. The summed E-state index contributed by atoms with van der Waals surface area (Å²) in [6.07, 6.45) is 5.50. The first-order valence-corrected chi connectivity index (χ1v) is 7.60. The molecule has 0 radical (unpaired) electrons. The predicted octanol–water partition coefficient (Wildman–Crippen LogP) is 3.73. The van der Waals surface area contributed by atoms with Crippen LogP contribution in [0.15, 0.2) is 18.2 Å². The van der Waals surface area contributed by atoms with E-state index in [4.69, 9.17) is 0 Å². The van der Waals surface area contributed by atoms with Crippen molar-refractivity contribution in [1.29, 1.82) is 0 Å². The molecule has 0 amide bonds. The monoisotopic (exact) mass is 260 g/mol. The second kappa shape index (κ2) is 6.42. The van der Waals surface area contributed by atoms with Crippen LogP contribution in [0.1, 0.15) is 43.7 Å². The van der Waals surface area contributed by atoms with Crippen LogP contribution in [0.2, 0.25) is 0 Å². The molecule has 106 valence electrons. The van der Waals surface area contributed by atoms with E-state index in [1.54, 1.807) is 0 Å². The molecular weight excluding hydrogens is 232 g/mol. The topological polar surface area (TPSA) is 15.3 Å². The lowest BCUT2D eigenvalue weighted by Gasteiger charge is -2.38. The molecule has 1 fully saturated rings. The number of benzene rings is 1. The first-order valence-electron chi connectivity index (χ1n) is 7.60. The van der Waals surface area contributed by atoms with Crippen LogP contribution in [-0.2, 0) is 6.54 Å². The zero-order chi connectivity index (χ0) is 13.8. The summed E-state index contributed by atoms with van der Waals surface area (Å²) in [6, 6.07) is 7.55. The van der Waals surface area contributed by atoms with Gasteiger partial charge in [-0.2, -0.15) is 0 Å². The van der Waals surface area contributed by atoms with E-state index in [1.807, 2.05) is 7.05 Å². The zero-order valence-electron chi connectivity index (χ0n) is 12.9. The summed E-state index contributed by atoms with van der Waals surface area (Å²) in [7, 11) is 4.30. The fourth-order valence-electron chi connectivity index (χ4n) is 3.44. The highest BCUT2D eigenvalue weighted by Crippen LogP contribution is 2.32. The Morgan fingerprint density at radius 1 is 1.26 bits per heavy atom. The van der Waals surface area contributed by atoms with Crippen LogP contribution >= 0.6 is 0 Å². The van der Waals surface area contributed by atoms with Crippen LogP contribution in [0, 0.1) is 12.8 Å². The maximum absolute atomic E-state index is 3.29. The van der Waals surface area contributed by atoms with E-state index in [0.717, 1.165) is 12.5 Å². The van der Waals surface area contributed by atoms with E-state index >= 15 is 0 Å². The molecule has 0 spiro atoms. The van der Waals surface area contributed by atoms with E-state index in [-0.39, 0.29) is 0 Å². The van der Waals surface area contributed by atoms with Gasteiger partial charge in [-0.15, -0.1) is 0 Å². The third-order valence-corrected chi connectivity index (χ3v) is 4.55. The van der Waals surface area contributed by atoms with Crippen molar-refractivity contribution in [1.82, 2.24) is 5.32 Å². The van der Waals surface area contributed by atoms with Gasteiger partial charge in [0, 0.05) is 25.3 Å². The molecule has 0 saturated heterocycles. The normalized spacial score (nSPS) is 23.4. The summed E-state index contributed by atoms with van der Waals surface area (Å²) in [6.45, 7) is 5.53. The van der Waals surface area contributed by atoms with Crippen LogP contribution in [0.25, 0.3) is 0 Å². The van der Waals surface area contributed by atoms with Gasteiger partial charge in [0.05, 0.1) is 0 Å². The minimum atomic E-state index is 0.701. The van der Waals surface area contributed by atoms with E-state index in [1.165, 1.54) is 42.5 Å². The lowest BCUT2D eigenvalue weighted by molar-refractivity contribution is 0.321. The summed E-state index contributed by atoms with van der Waals surface area (Å²) >= 11 is 0. The van der Waals surface area contributed by atoms with Crippen molar-refractivity contribution < 1.29 is 0 Å². The smallest absolute Gasteiger partial charge is 0.0412 e. The average molecular weight is 260 g/mol. The molecule has 1 N–H and O–H groups in total. The van der Waals surface area contributed by atoms with Crippen molar-refractivity contribution in [3.8, 4) is 0 Å². The van der Waals surface area contributed by atoms with Gasteiger partial charge in [0.2, 0.25) is 0 Å². The Labute approximate surface area is 118 Å². The summed E-state index contributed by atoms with van der Waals surface area (Å²) in [4.78, 5) is 2.52. The van der Waals surface area contributed by atoms with Crippen LogP contribution < -0.4 is 10.2 Å². The fourth-order valence-corrected chi connectivity index (χ4v) is 3.44. The van der Waals surface area contributed by atoms with Gasteiger partial charge in [-0.3, -0.25) is 0 Å². The zero-order valence-corrected chi connectivity index (χ0v) is 12.9. The highest BCUT2D eigenvalue weighted by molar-refractivity contribution is 5.55. The number of hydrogen-bond acceptors (Lipinski definition) is 2. The molecular formula is C17H28N2. The molecule has 19 heavy (non-hydrogen) atoms. The SMILES string of the molecule is CNCc1cc(C)ccc1N(C)C1CCCCC1C. The molecule has 2 heteroatoms. The Balaban J connectivity index is 2.24. The molecule has 2 rings (SSSR count). The number of anilines is 1. The molecule has 0 aliphatic heterocycles. The van der Waals surface area contributed by atoms with Crippen molar-refractivity contribution in [3.63, 3.8) is 0 Å². The summed E-state index contributed by atoms with van der Waals surface area (Å²) < 4.78 is 0. The summed E-state index contributed by atoms with van der Waals surface area (Å²) in [5, 5.41) is 3.29. The van der Waals surface area contributed by atoms with Gasteiger partial charge in [-0.25, -0.2) is 0 Å². The van der Waals surface area contributed by atoms with Gasteiger partial charge in [-0.05, 0) is 44.4 Å². The maximum Gasteiger partial charge on any atom is 0.0412 e. The van der Waals surface area contributed by atoms with Gasteiger partial charge in [0.25, 0.3) is 0 Å². The Morgan fingerprint density at radius 2 is 2.00 bits per heavy atom. The maximum atomic E-state index is 3.29. The van der Waals surface area contributed by atoms with Crippen molar-refractivity contribution >= 4 is 5.69 Å². The highest BCUT2D eigenvalue weighted by Gasteiger charge is 2.26. The van der Waals surface area contributed by atoms with E-state index in [9.17, 15) is 0 Å². The number of hydrogen-bond donors (Lipinski definition) is 1. The number of aryl methyl sites for hydroxylation is 1. The van der Waals surface area contributed by atoms with Gasteiger partial charge in [0.1, 0.15) is 0 Å². The quantitative estimate of drug-likeness (QED) is 0.887. The van der Waals surface area contributed by atoms with Gasteiger partial charge in [0.15, 0.2) is 0 Å². The third kappa shape index (κ3) is 3.30. The molecule has 2 unspecified atom stereocenters. The minimum Gasteiger partial charge on any atom is -0.371 e. The number of nitrogens with zero attached hydrogens (tertiary/aromatic N) is 1. The van der Waals surface area contributed by atoms with Crippen molar-refractivity contribution in [2.75, 3.05) is 19.0 Å². The predicted molar refractivity (Wildman–Crippen MR) is 83.8 cm³/mol. The number of nitrogens with one attached hydrogen (secondary N) is 1. The first-order chi connectivity index (χ1) is 9.13. The van der Waals surface area contributed by atoms with Crippen LogP contribution in [-0.4, -0.2) is 20.1 Å². The molecule has 1 aliphatic rings. The van der Waals surface area contributed by atoms with E-state index in [0.29, 0.717) is 6.04 Å². The minimum absolute atomic E-state index is 0.701. The van der Waals surface area contributed by atoms with Gasteiger partial charge in [-0.1, -0.05) is 37.5 Å². The summed E-state index contributed by atoms with van der Waals surface area (Å²) in [5.74, 6) is 0.808. The Morgan fingerprint density at radius 3 is 2.68 bits per heavy atom. The largest absolute Gasteiger partial charge is 0.371 e. The Bertz CT molecular complexity index is 414. The standard InChI is InChI=1S/C17H28N2/c1-13-9-10-17(15(11-13)12-18-3)19(4)16-8-6-5-7-14(16)2/h9-11,14,16,18H,5-8,12H2,1-4H3. The number of rotatable bonds is 4. The lowest BCUT2D eigenvalue weighted by Crippen LogP contribution is -2.39. The Hall–Kier alpha value is -1.02. The van der Waals surface area contributed by atoms with Crippen molar-refractivity contribution in [2.45, 2.75) is 52.1 Å². The fraction of sp³-hybridized carbons (Fsp3) is 0.647. The van der Waals surface area contributed by atoms with Crippen LogP contribution in [0.5, 0.6) is 0 Å². The molecule has 2 atom stereocenters. The van der Waals surface area contributed by atoms with Crippen molar-refractivity contribution in [2.24, 2.45) is 5.92 Å². The van der Waals surface area contributed by atoms with Crippen LogP contribution in [0.4, 0.5) is 5.69 Å². The molecule has 1 saturated carbocycles. The second-order valence-electron chi connectivity index (χ2n) is 6.10. The van der Waals surface area contributed by atoms with Gasteiger partial charge < -0.3 is 10.2 Å². The molecule has 1 aromatic carbocycles. The molecule has 0 heterocycles.